The second kappa shape index (κ2) is 6.64. The van der Waals surface area contributed by atoms with Gasteiger partial charge in [0.25, 0.3) is 5.56 Å². The number of fused-ring (bicyclic) bond motifs is 3. The molecule has 0 aliphatic carbocycles. The Morgan fingerprint density at radius 3 is 2.61 bits per heavy atom. The van der Waals surface area contributed by atoms with Crippen molar-refractivity contribution >= 4 is 33.8 Å². The van der Waals surface area contributed by atoms with Crippen LogP contribution in [-0.4, -0.2) is 18.7 Å². The SMILES string of the molecule is Cn1c(=O)c2c(-c3cccc(F)c3)n3c(c2n(C)c1=O)[C@H](c1nc(Cl)cs1)C(C)(C)C3. The number of aromatic nitrogens is 4. The van der Waals surface area contributed by atoms with Crippen molar-refractivity contribution in [2.45, 2.75) is 26.3 Å². The van der Waals surface area contributed by atoms with E-state index in [1.54, 1.807) is 24.6 Å². The predicted molar refractivity (Wildman–Crippen MR) is 121 cm³/mol. The molecule has 0 saturated heterocycles. The summed E-state index contributed by atoms with van der Waals surface area (Å²) in [4.78, 5) is 30.7. The summed E-state index contributed by atoms with van der Waals surface area (Å²) in [6, 6.07) is 6.21. The van der Waals surface area contributed by atoms with E-state index in [0.29, 0.717) is 33.9 Å². The summed E-state index contributed by atoms with van der Waals surface area (Å²) in [5.41, 5.74) is 1.56. The first-order valence-corrected chi connectivity index (χ1v) is 11.1. The summed E-state index contributed by atoms with van der Waals surface area (Å²) in [5.74, 6) is -0.559. The Bertz CT molecular complexity index is 1490. The van der Waals surface area contributed by atoms with Gasteiger partial charge in [-0.2, -0.15) is 0 Å². The van der Waals surface area contributed by atoms with Gasteiger partial charge >= 0.3 is 5.69 Å². The van der Waals surface area contributed by atoms with Crippen LogP contribution in [0.25, 0.3) is 22.2 Å². The number of thiazole rings is 1. The van der Waals surface area contributed by atoms with E-state index in [1.165, 1.54) is 35.1 Å². The van der Waals surface area contributed by atoms with Gasteiger partial charge in [0.2, 0.25) is 0 Å². The molecule has 1 aliphatic rings. The Morgan fingerprint density at radius 2 is 1.97 bits per heavy atom. The van der Waals surface area contributed by atoms with E-state index in [9.17, 15) is 14.0 Å². The van der Waals surface area contributed by atoms with E-state index in [1.807, 2.05) is 0 Å². The molecular formula is C22H20ClFN4O2S. The Kier molecular flexibility index (Phi) is 4.33. The summed E-state index contributed by atoms with van der Waals surface area (Å²) in [6.07, 6.45) is 0. The molecule has 0 bridgehead atoms. The third-order valence-electron chi connectivity index (χ3n) is 6.16. The molecule has 4 aromatic rings. The van der Waals surface area contributed by atoms with Gasteiger partial charge in [-0.05, 0) is 17.5 Å². The van der Waals surface area contributed by atoms with E-state index in [2.05, 4.69) is 23.4 Å². The van der Waals surface area contributed by atoms with Gasteiger partial charge in [0, 0.05) is 31.6 Å². The average Bonchev–Trinajstić information content (AvgIpc) is 3.34. The molecule has 160 valence electrons. The van der Waals surface area contributed by atoms with Crippen LogP contribution in [0.15, 0.2) is 39.2 Å². The first-order chi connectivity index (χ1) is 14.6. The number of halogens is 2. The lowest BCUT2D eigenvalue weighted by Crippen LogP contribution is -2.37. The van der Waals surface area contributed by atoms with Crippen molar-refractivity contribution < 1.29 is 4.39 Å². The van der Waals surface area contributed by atoms with Gasteiger partial charge in [-0.25, -0.2) is 14.2 Å². The Morgan fingerprint density at radius 1 is 1.23 bits per heavy atom. The fourth-order valence-electron chi connectivity index (χ4n) is 4.85. The fourth-order valence-corrected chi connectivity index (χ4v) is 6.12. The van der Waals surface area contributed by atoms with Gasteiger partial charge in [0.15, 0.2) is 0 Å². The molecule has 1 aromatic carbocycles. The van der Waals surface area contributed by atoms with Gasteiger partial charge in [-0.3, -0.25) is 13.9 Å². The Hall–Kier alpha value is -2.71. The van der Waals surface area contributed by atoms with Crippen LogP contribution in [0, 0.1) is 11.2 Å². The molecule has 5 rings (SSSR count). The third-order valence-corrected chi connectivity index (χ3v) is 7.40. The highest BCUT2D eigenvalue weighted by Crippen LogP contribution is 2.53. The zero-order valence-corrected chi connectivity index (χ0v) is 19.0. The lowest BCUT2D eigenvalue weighted by molar-refractivity contribution is 0.323. The van der Waals surface area contributed by atoms with Gasteiger partial charge in [0.1, 0.15) is 16.0 Å². The van der Waals surface area contributed by atoms with Crippen molar-refractivity contribution in [2.75, 3.05) is 0 Å². The maximum atomic E-state index is 14.2. The Balaban J connectivity index is 1.99. The highest BCUT2D eigenvalue weighted by Gasteiger charge is 2.46. The van der Waals surface area contributed by atoms with Crippen molar-refractivity contribution in [3.05, 3.63) is 72.2 Å². The summed E-state index contributed by atoms with van der Waals surface area (Å²) in [6.45, 7) is 4.84. The topological polar surface area (TPSA) is 61.8 Å². The van der Waals surface area contributed by atoms with Crippen molar-refractivity contribution in [3.63, 3.8) is 0 Å². The molecule has 0 N–H and O–H groups in total. The molecule has 3 aromatic heterocycles. The molecule has 0 saturated carbocycles. The minimum absolute atomic E-state index is 0.174. The van der Waals surface area contributed by atoms with Gasteiger partial charge < -0.3 is 4.57 Å². The first-order valence-electron chi connectivity index (χ1n) is 9.81. The number of hydrogen-bond donors (Lipinski definition) is 0. The fraction of sp³-hybridized carbons (Fsp3) is 0.318. The molecular weight excluding hydrogens is 439 g/mol. The zero-order valence-electron chi connectivity index (χ0n) is 17.4. The zero-order chi connectivity index (χ0) is 22.2. The predicted octanol–water partition coefficient (Wildman–Crippen LogP) is 4.13. The van der Waals surface area contributed by atoms with E-state index >= 15 is 0 Å². The molecule has 0 spiro atoms. The molecule has 9 heteroatoms. The summed E-state index contributed by atoms with van der Waals surface area (Å²) < 4.78 is 18.8. The number of benzene rings is 1. The largest absolute Gasteiger partial charge is 0.341 e. The molecule has 4 heterocycles. The monoisotopic (exact) mass is 458 g/mol. The van der Waals surface area contributed by atoms with E-state index in [0.717, 1.165) is 15.3 Å². The van der Waals surface area contributed by atoms with Crippen LogP contribution in [0.1, 0.15) is 30.5 Å². The molecule has 0 amide bonds. The van der Waals surface area contributed by atoms with Crippen LogP contribution >= 0.6 is 22.9 Å². The van der Waals surface area contributed by atoms with Crippen LogP contribution in [0.2, 0.25) is 5.15 Å². The molecule has 6 nitrogen and oxygen atoms in total. The highest BCUT2D eigenvalue weighted by atomic mass is 35.5. The van der Waals surface area contributed by atoms with Crippen molar-refractivity contribution in [2.24, 2.45) is 19.5 Å². The van der Waals surface area contributed by atoms with Crippen molar-refractivity contribution in [1.29, 1.82) is 0 Å². The molecule has 31 heavy (non-hydrogen) atoms. The molecule has 1 atom stereocenters. The van der Waals surface area contributed by atoms with Gasteiger partial charge in [-0.15, -0.1) is 11.3 Å². The summed E-state index contributed by atoms with van der Waals surface area (Å²) >= 11 is 7.60. The Labute approximate surface area is 186 Å². The lowest BCUT2D eigenvalue weighted by Gasteiger charge is -2.25. The minimum Gasteiger partial charge on any atom is -0.341 e. The molecule has 0 radical (unpaired) electrons. The van der Waals surface area contributed by atoms with Crippen molar-refractivity contribution in [1.82, 2.24) is 18.7 Å². The van der Waals surface area contributed by atoms with Gasteiger partial charge in [-0.1, -0.05) is 37.6 Å². The normalized spacial score (nSPS) is 17.4. The van der Waals surface area contributed by atoms with Crippen LogP contribution in [-0.2, 0) is 20.6 Å². The number of hydrogen-bond acceptors (Lipinski definition) is 4. The maximum absolute atomic E-state index is 14.2. The minimum atomic E-state index is -0.405. The number of aryl methyl sites for hydroxylation is 1. The highest BCUT2D eigenvalue weighted by molar-refractivity contribution is 7.10. The van der Waals surface area contributed by atoms with E-state index in [-0.39, 0.29) is 17.2 Å². The first kappa shape index (κ1) is 20.2. The number of nitrogens with zero attached hydrogens (tertiary/aromatic N) is 4. The quantitative estimate of drug-likeness (QED) is 0.454. The van der Waals surface area contributed by atoms with E-state index in [4.69, 9.17) is 11.6 Å². The van der Waals surface area contributed by atoms with Crippen LogP contribution in [0.5, 0.6) is 0 Å². The van der Waals surface area contributed by atoms with Crippen LogP contribution < -0.4 is 11.2 Å². The molecule has 1 aliphatic heterocycles. The standard InChI is InChI=1S/C22H20ClFN4O2S/c1-22(2)10-28-16(11-6-5-7-12(24)8-11)14-17(26(3)21(30)27(4)20(14)29)18(28)15(22)19-25-13(23)9-31-19/h5-9,15H,10H2,1-4H3/t15-/m1/s1. The summed E-state index contributed by atoms with van der Waals surface area (Å²) in [5, 5.41) is 3.44. The molecule has 0 fully saturated rings. The van der Waals surface area contributed by atoms with Crippen molar-refractivity contribution in [3.8, 4) is 11.3 Å². The average molecular weight is 459 g/mol. The second-order valence-electron chi connectivity index (χ2n) is 8.69. The van der Waals surface area contributed by atoms with E-state index < -0.39 is 11.2 Å². The maximum Gasteiger partial charge on any atom is 0.331 e. The van der Waals surface area contributed by atoms with Crippen LogP contribution in [0.4, 0.5) is 4.39 Å². The second-order valence-corrected chi connectivity index (χ2v) is 9.97. The van der Waals surface area contributed by atoms with Crippen LogP contribution in [0.3, 0.4) is 0 Å². The third kappa shape index (κ3) is 2.78. The lowest BCUT2D eigenvalue weighted by atomic mass is 9.79. The molecule has 0 unspecified atom stereocenters. The number of rotatable bonds is 2. The van der Waals surface area contributed by atoms with Gasteiger partial charge in [0.05, 0.1) is 28.2 Å². The summed E-state index contributed by atoms with van der Waals surface area (Å²) in [7, 11) is 3.13. The smallest absolute Gasteiger partial charge is 0.331 e.